The molecule has 0 aliphatic carbocycles. The third kappa shape index (κ3) is 46.9. The van der Waals surface area contributed by atoms with Crippen molar-refractivity contribution in [1.82, 2.24) is 0 Å². The Morgan fingerprint density at radius 2 is 0.871 bits per heavy atom. The summed E-state index contributed by atoms with van der Waals surface area (Å²) in [5.41, 5.74) is 0. The Hall–Kier alpha value is -2.62. The van der Waals surface area contributed by atoms with E-state index in [4.69, 9.17) is 23.6 Å². The minimum atomic E-state index is -4.54. The van der Waals surface area contributed by atoms with Gasteiger partial charge in [-0.2, -0.15) is 0 Å². The Kier molecular flexibility index (Phi) is 45.8. The van der Waals surface area contributed by atoms with Gasteiger partial charge in [-0.15, -0.1) is 0 Å². The number of rotatable bonds is 45. The molecule has 3 N–H and O–H groups in total. The van der Waals surface area contributed by atoms with Crippen LogP contribution >= 0.6 is 7.82 Å². The van der Waals surface area contributed by atoms with E-state index in [1.54, 1.807) is 0 Å². The van der Waals surface area contributed by atoms with Gasteiger partial charge in [0.2, 0.25) is 0 Å². The number of carbonyl (C=O) groups excluding carboxylic acids is 1. The molecule has 0 fully saturated rings. The van der Waals surface area contributed by atoms with Crippen molar-refractivity contribution in [2.75, 3.05) is 33.0 Å². The van der Waals surface area contributed by atoms with Crippen molar-refractivity contribution in [3.8, 4) is 0 Å². The predicted octanol–water partition coefficient (Wildman–Crippen LogP) is 14.0. The first-order valence-corrected chi connectivity index (χ1v) is 25.7. The third-order valence-corrected chi connectivity index (χ3v) is 10.7. The van der Waals surface area contributed by atoms with E-state index in [1.165, 1.54) is 51.4 Å². The van der Waals surface area contributed by atoms with Gasteiger partial charge >= 0.3 is 13.8 Å². The van der Waals surface area contributed by atoms with Gasteiger partial charge in [-0.1, -0.05) is 182 Å². The van der Waals surface area contributed by atoms with Crippen LogP contribution in [0.2, 0.25) is 0 Å². The highest BCUT2D eigenvalue weighted by molar-refractivity contribution is 7.47. The van der Waals surface area contributed by atoms with Crippen LogP contribution in [0.4, 0.5) is 0 Å². The predicted molar refractivity (Wildman–Crippen MR) is 260 cm³/mol. The number of ether oxygens (including phenoxy) is 2. The number of allylic oxidation sites excluding steroid dienone is 16. The number of hydrogen-bond donors (Lipinski definition) is 3. The van der Waals surface area contributed by atoms with Crippen molar-refractivity contribution in [2.45, 2.75) is 193 Å². The molecule has 0 bridgehead atoms. The maximum absolute atomic E-state index is 12.7. The Balaban J connectivity index is 4.17. The molecule has 0 rings (SSSR count). The molecule has 0 aliphatic rings. The second kappa shape index (κ2) is 47.8. The van der Waals surface area contributed by atoms with Gasteiger partial charge in [0.15, 0.2) is 0 Å². The second-order valence-corrected chi connectivity index (χ2v) is 17.2. The minimum absolute atomic E-state index is 0.0323. The summed E-state index contributed by atoms with van der Waals surface area (Å²) in [5.74, 6) is -0.399. The zero-order chi connectivity index (χ0) is 45.3. The number of esters is 1. The number of phosphoric ester groups is 1. The van der Waals surface area contributed by atoms with E-state index in [-0.39, 0.29) is 13.0 Å². The maximum atomic E-state index is 12.7. The van der Waals surface area contributed by atoms with Crippen molar-refractivity contribution in [3.63, 3.8) is 0 Å². The second-order valence-electron chi connectivity index (χ2n) is 15.7. The van der Waals surface area contributed by atoms with E-state index in [0.717, 1.165) is 103 Å². The van der Waals surface area contributed by atoms with Crippen LogP contribution in [0.15, 0.2) is 97.2 Å². The molecule has 3 atom stereocenters. The number of hydrogen-bond acceptors (Lipinski definition) is 8. The molecule has 0 saturated carbocycles. The first-order chi connectivity index (χ1) is 30.3. The van der Waals surface area contributed by atoms with Gasteiger partial charge in [-0.3, -0.25) is 13.8 Å². The summed E-state index contributed by atoms with van der Waals surface area (Å²) in [6.45, 7) is 3.25. The van der Waals surface area contributed by atoms with E-state index in [0.29, 0.717) is 13.0 Å². The van der Waals surface area contributed by atoms with Crippen LogP contribution in [0.3, 0.4) is 0 Å². The van der Waals surface area contributed by atoms with E-state index in [1.807, 2.05) is 0 Å². The van der Waals surface area contributed by atoms with Crippen molar-refractivity contribution in [2.24, 2.45) is 0 Å². The Morgan fingerprint density at radius 1 is 0.500 bits per heavy atom. The first-order valence-electron chi connectivity index (χ1n) is 24.2. The van der Waals surface area contributed by atoms with E-state index in [2.05, 4.69) is 111 Å². The Bertz CT molecular complexity index is 1280. The number of aliphatic hydroxyl groups is 2. The standard InChI is InChI=1S/C52H89O9P/c1-3-5-7-9-11-13-15-17-19-21-23-25-26-28-30-32-34-36-38-40-42-44-52(55)61-51(49-60-62(56,57)59-47-50(54)46-53)48-58-45-43-41-39-37-35-33-31-29-27-24-22-20-18-16-14-12-10-8-6-4-2/h5-8,11-14,17-20,23-25,27,50-51,53-54H,3-4,9-10,15-16,21-22,26,28-49H2,1-2H3,(H,56,57)/b7-5-,8-6-,13-11-,14-12-,19-17-,20-18-,25-23-,27-24-. The molecule has 0 radical (unpaired) electrons. The largest absolute Gasteiger partial charge is 0.472 e. The van der Waals surface area contributed by atoms with Gasteiger partial charge in [0.25, 0.3) is 0 Å². The Morgan fingerprint density at radius 3 is 1.31 bits per heavy atom. The molecule has 0 aromatic carbocycles. The lowest BCUT2D eigenvalue weighted by Crippen LogP contribution is -2.29. The van der Waals surface area contributed by atoms with Crippen LogP contribution in [-0.2, 0) is 27.9 Å². The average molecular weight is 889 g/mol. The fourth-order valence-electron chi connectivity index (χ4n) is 6.16. The molecule has 9 nitrogen and oxygen atoms in total. The SMILES string of the molecule is CC/C=C\C/C=C\C/C=C\C/C=C\CCCCCCCCCCC(=O)OC(COCCCCCCCCC/C=C\C/C=C\C/C=C\C/C=C\CC)COP(=O)(O)OCC(O)CO. The molecule has 356 valence electrons. The molecule has 0 aromatic heterocycles. The lowest BCUT2D eigenvalue weighted by molar-refractivity contribution is -0.154. The van der Waals surface area contributed by atoms with Crippen LogP contribution in [0.1, 0.15) is 181 Å². The monoisotopic (exact) mass is 889 g/mol. The summed E-state index contributed by atoms with van der Waals surface area (Å²) in [6.07, 6.45) is 60.8. The molecule has 10 heteroatoms. The molecular weight excluding hydrogens is 800 g/mol. The fraction of sp³-hybridized carbons (Fsp3) is 0.673. The number of unbranched alkanes of at least 4 members (excludes halogenated alkanes) is 15. The normalized spacial score (nSPS) is 14.7. The first kappa shape index (κ1) is 59.4. The highest BCUT2D eigenvalue weighted by Crippen LogP contribution is 2.43. The van der Waals surface area contributed by atoms with Crippen LogP contribution in [0, 0.1) is 0 Å². The zero-order valence-electron chi connectivity index (χ0n) is 39.1. The molecule has 0 aromatic rings. The third-order valence-electron chi connectivity index (χ3n) is 9.77. The Labute approximate surface area is 378 Å². The van der Waals surface area contributed by atoms with Crippen molar-refractivity contribution in [1.29, 1.82) is 0 Å². The van der Waals surface area contributed by atoms with Gasteiger partial charge in [0.1, 0.15) is 12.2 Å². The van der Waals surface area contributed by atoms with E-state index >= 15 is 0 Å². The molecule has 0 aliphatic heterocycles. The van der Waals surface area contributed by atoms with Crippen LogP contribution < -0.4 is 0 Å². The van der Waals surface area contributed by atoms with E-state index < -0.39 is 45.8 Å². The van der Waals surface area contributed by atoms with Crippen molar-refractivity contribution < 1.29 is 43.0 Å². The van der Waals surface area contributed by atoms with Crippen molar-refractivity contribution >= 4 is 13.8 Å². The quantitative estimate of drug-likeness (QED) is 0.0237. The molecule has 0 heterocycles. The summed E-state index contributed by atoms with van der Waals surface area (Å²) in [4.78, 5) is 22.7. The zero-order valence-corrected chi connectivity index (χ0v) is 39.9. The molecule has 3 unspecified atom stereocenters. The molecule has 0 saturated heterocycles. The van der Waals surface area contributed by atoms with E-state index in [9.17, 15) is 19.4 Å². The van der Waals surface area contributed by atoms with Gasteiger partial charge < -0.3 is 24.6 Å². The fourth-order valence-corrected chi connectivity index (χ4v) is 6.95. The summed E-state index contributed by atoms with van der Waals surface area (Å²) >= 11 is 0. The van der Waals surface area contributed by atoms with Crippen LogP contribution in [-0.4, -0.2) is 66.3 Å². The minimum Gasteiger partial charge on any atom is -0.457 e. The molecular formula is C52H89O9P. The highest BCUT2D eigenvalue weighted by atomic mass is 31.2. The maximum Gasteiger partial charge on any atom is 0.472 e. The van der Waals surface area contributed by atoms with Crippen LogP contribution in [0.5, 0.6) is 0 Å². The van der Waals surface area contributed by atoms with Gasteiger partial charge in [-0.05, 0) is 89.9 Å². The lowest BCUT2D eigenvalue weighted by atomic mass is 10.1. The summed E-state index contributed by atoms with van der Waals surface area (Å²) in [6, 6.07) is 0. The number of aliphatic hydroxyl groups excluding tert-OH is 2. The smallest absolute Gasteiger partial charge is 0.457 e. The summed E-state index contributed by atoms with van der Waals surface area (Å²) in [7, 11) is -4.54. The topological polar surface area (TPSA) is 132 Å². The van der Waals surface area contributed by atoms with Gasteiger partial charge in [0, 0.05) is 13.0 Å². The lowest BCUT2D eigenvalue weighted by Gasteiger charge is -2.20. The average Bonchev–Trinajstić information content (AvgIpc) is 3.26. The van der Waals surface area contributed by atoms with Gasteiger partial charge in [0.05, 0.1) is 26.4 Å². The summed E-state index contributed by atoms with van der Waals surface area (Å²) in [5, 5.41) is 18.4. The number of carbonyl (C=O) groups is 1. The molecule has 0 spiro atoms. The van der Waals surface area contributed by atoms with Gasteiger partial charge in [-0.25, -0.2) is 4.57 Å². The van der Waals surface area contributed by atoms with Crippen molar-refractivity contribution in [3.05, 3.63) is 97.2 Å². The molecule has 0 amide bonds. The highest BCUT2D eigenvalue weighted by Gasteiger charge is 2.26. The van der Waals surface area contributed by atoms with Crippen LogP contribution in [0.25, 0.3) is 0 Å². The molecule has 62 heavy (non-hydrogen) atoms. The summed E-state index contributed by atoms with van der Waals surface area (Å²) < 4.78 is 33.5. The number of phosphoric acid groups is 1.